The van der Waals surface area contributed by atoms with E-state index in [4.69, 9.17) is 9.47 Å². The average Bonchev–Trinajstić information content (AvgIpc) is 2.60. The first-order valence-corrected chi connectivity index (χ1v) is 9.46. The smallest absolute Gasteiger partial charge is 0.119 e. The molecule has 1 heterocycles. The molecule has 2 rings (SSSR count). The maximum atomic E-state index is 5.84. The standard InChI is InChI=1S/C20H33NO2/c1-2-3-4-5-9-17-22-19-10-12-20(13-11-19)23-18-16-21-14-7-6-8-15-21/h10-13H,2-9,14-18H2,1H3. The van der Waals surface area contributed by atoms with Crippen LogP contribution in [-0.2, 0) is 0 Å². The summed E-state index contributed by atoms with van der Waals surface area (Å²) in [6, 6.07) is 8.07. The van der Waals surface area contributed by atoms with Crippen molar-refractivity contribution in [2.45, 2.75) is 58.3 Å². The fraction of sp³-hybridized carbons (Fsp3) is 0.700. The molecule has 1 aliphatic rings. The number of piperidine rings is 1. The first-order chi connectivity index (χ1) is 11.4. The topological polar surface area (TPSA) is 21.7 Å². The van der Waals surface area contributed by atoms with Gasteiger partial charge in [0.25, 0.3) is 0 Å². The molecule has 0 spiro atoms. The Morgan fingerprint density at radius 3 is 2.04 bits per heavy atom. The molecule has 0 N–H and O–H groups in total. The predicted molar refractivity (Wildman–Crippen MR) is 96.5 cm³/mol. The highest BCUT2D eigenvalue weighted by atomic mass is 16.5. The van der Waals surface area contributed by atoms with Crippen molar-refractivity contribution in [2.75, 3.05) is 32.8 Å². The van der Waals surface area contributed by atoms with Gasteiger partial charge in [-0.15, -0.1) is 0 Å². The fourth-order valence-electron chi connectivity index (χ4n) is 3.00. The van der Waals surface area contributed by atoms with E-state index in [0.29, 0.717) is 0 Å². The van der Waals surface area contributed by atoms with Gasteiger partial charge in [-0.2, -0.15) is 0 Å². The van der Waals surface area contributed by atoms with Gasteiger partial charge in [0.15, 0.2) is 0 Å². The molecule has 0 saturated carbocycles. The van der Waals surface area contributed by atoms with E-state index in [2.05, 4.69) is 11.8 Å². The van der Waals surface area contributed by atoms with E-state index in [0.717, 1.165) is 37.7 Å². The number of rotatable bonds is 11. The van der Waals surface area contributed by atoms with Crippen molar-refractivity contribution in [2.24, 2.45) is 0 Å². The third-order valence-electron chi connectivity index (χ3n) is 4.47. The molecule has 0 aliphatic carbocycles. The number of benzene rings is 1. The fourth-order valence-corrected chi connectivity index (χ4v) is 3.00. The number of ether oxygens (including phenoxy) is 2. The van der Waals surface area contributed by atoms with Crippen molar-refractivity contribution in [3.05, 3.63) is 24.3 Å². The molecule has 1 aliphatic heterocycles. The monoisotopic (exact) mass is 319 g/mol. The summed E-state index contributed by atoms with van der Waals surface area (Å²) in [7, 11) is 0. The Bertz CT molecular complexity index is 399. The number of hydrogen-bond donors (Lipinski definition) is 0. The van der Waals surface area contributed by atoms with Gasteiger partial charge in [-0.25, -0.2) is 0 Å². The lowest BCUT2D eigenvalue weighted by molar-refractivity contribution is 0.183. The van der Waals surface area contributed by atoms with Crippen molar-refractivity contribution >= 4 is 0 Å². The minimum atomic E-state index is 0.775. The zero-order valence-corrected chi connectivity index (χ0v) is 14.8. The number of likely N-dealkylation sites (tertiary alicyclic amines) is 1. The van der Waals surface area contributed by atoms with Crippen molar-refractivity contribution in [3.63, 3.8) is 0 Å². The van der Waals surface area contributed by atoms with E-state index in [1.165, 1.54) is 58.0 Å². The molecule has 130 valence electrons. The third kappa shape index (κ3) is 7.74. The minimum absolute atomic E-state index is 0.775. The maximum Gasteiger partial charge on any atom is 0.119 e. The van der Waals surface area contributed by atoms with Gasteiger partial charge in [-0.05, 0) is 56.6 Å². The molecule has 3 nitrogen and oxygen atoms in total. The molecule has 0 bridgehead atoms. The molecule has 1 fully saturated rings. The first-order valence-electron chi connectivity index (χ1n) is 9.46. The molecular weight excluding hydrogens is 286 g/mol. The molecule has 0 unspecified atom stereocenters. The number of hydrogen-bond acceptors (Lipinski definition) is 3. The summed E-state index contributed by atoms with van der Waals surface area (Å²) in [5, 5.41) is 0. The molecular formula is C20H33NO2. The van der Waals surface area contributed by atoms with Gasteiger partial charge >= 0.3 is 0 Å². The van der Waals surface area contributed by atoms with E-state index in [1.807, 2.05) is 24.3 Å². The second kappa shape index (κ2) is 11.3. The summed E-state index contributed by atoms with van der Waals surface area (Å²) in [6.07, 6.45) is 10.4. The Labute approximate surface area is 142 Å². The molecule has 1 saturated heterocycles. The molecule has 3 heteroatoms. The van der Waals surface area contributed by atoms with E-state index in [-0.39, 0.29) is 0 Å². The quantitative estimate of drug-likeness (QED) is 0.541. The Hall–Kier alpha value is -1.22. The van der Waals surface area contributed by atoms with Crippen molar-refractivity contribution in [1.82, 2.24) is 4.90 Å². The van der Waals surface area contributed by atoms with Crippen LogP contribution in [-0.4, -0.2) is 37.7 Å². The van der Waals surface area contributed by atoms with Gasteiger partial charge in [0.2, 0.25) is 0 Å². The van der Waals surface area contributed by atoms with E-state index in [1.54, 1.807) is 0 Å². The molecule has 1 aromatic rings. The van der Waals surface area contributed by atoms with Crippen LogP contribution in [0.25, 0.3) is 0 Å². The van der Waals surface area contributed by atoms with Crippen molar-refractivity contribution < 1.29 is 9.47 Å². The predicted octanol–water partition coefficient (Wildman–Crippen LogP) is 4.90. The van der Waals surface area contributed by atoms with Crippen molar-refractivity contribution in [3.8, 4) is 11.5 Å². The van der Waals surface area contributed by atoms with Crippen molar-refractivity contribution in [1.29, 1.82) is 0 Å². The Morgan fingerprint density at radius 1 is 0.783 bits per heavy atom. The summed E-state index contributed by atoms with van der Waals surface area (Å²) in [5.41, 5.74) is 0. The maximum absolute atomic E-state index is 5.84. The van der Waals surface area contributed by atoms with Crippen LogP contribution >= 0.6 is 0 Å². The van der Waals surface area contributed by atoms with Crippen LogP contribution in [0, 0.1) is 0 Å². The van der Waals surface area contributed by atoms with Gasteiger partial charge < -0.3 is 9.47 Å². The van der Waals surface area contributed by atoms with Crippen LogP contribution < -0.4 is 9.47 Å². The van der Waals surface area contributed by atoms with E-state index >= 15 is 0 Å². The van der Waals surface area contributed by atoms with Crippen LogP contribution in [0.5, 0.6) is 11.5 Å². The van der Waals surface area contributed by atoms with E-state index in [9.17, 15) is 0 Å². The third-order valence-corrected chi connectivity index (χ3v) is 4.47. The van der Waals surface area contributed by atoms with Gasteiger partial charge in [0, 0.05) is 6.54 Å². The van der Waals surface area contributed by atoms with Gasteiger partial charge in [-0.3, -0.25) is 4.90 Å². The largest absolute Gasteiger partial charge is 0.494 e. The van der Waals surface area contributed by atoms with E-state index < -0.39 is 0 Å². The van der Waals surface area contributed by atoms with Gasteiger partial charge in [0.05, 0.1) is 6.61 Å². The second-order valence-corrected chi connectivity index (χ2v) is 6.48. The normalized spacial score (nSPS) is 15.5. The van der Waals surface area contributed by atoms with Gasteiger partial charge in [0.1, 0.15) is 18.1 Å². The summed E-state index contributed by atoms with van der Waals surface area (Å²) in [5.74, 6) is 1.89. The highest BCUT2D eigenvalue weighted by Gasteiger charge is 2.09. The lowest BCUT2D eigenvalue weighted by Gasteiger charge is -2.26. The lowest BCUT2D eigenvalue weighted by Crippen LogP contribution is -2.33. The SMILES string of the molecule is CCCCCCCOc1ccc(OCCN2CCCCC2)cc1. The summed E-state index contributed by atoms with van der Waals surface area (Å²) in [4.78, 5) is 2.50. The highest BCUT2D eigenvalue weighted by Crippen LogP contribution is 2.18. The zero-order valence-electron chi connectivity index (χ0n) is 14.8. The Kier molecular flexibility index (Phi) is 8.93. The van der Waals surface area contributed by atoms with Crippen LogP contribution in [0.4, 0.5) is 0 Å². The summed E-state index contributed by atoms with van der Waals surface area (Å²) >= 11 is 0. The van der Waals surface area contributed by atoms with Crippen LogP contribution in [0.2, 0.25) is 0 Å². The molecule has 0 amide bonds. The van der Waals surface area contributed by atoms with Crippen LogP contribution in [0.15, 0.2) is 24.3 Å². The molecule has 23 heavy (non-hydrogen) atoms. The zero-order chi connectivity index (χ0) is 16.2. The molecule has 0 atom stereocenters. The second-order valence-electron chi connectivity index (χ2n) is 6.48. The highest BCUT2D eigenvalue weighted by molar-refractivity contribution is 5.31. The first kappa shape index (κ1) is 18.1. The van der Waals surface area contributed by atoms with Crippen LogP contribution in [0.3, 0.4) is 0 Å². The minimum Gasteiger partial charge on any atom is -0.494 e. The van der Waals surface area contributed by atoms with Crippen LogP contribution in [0.1, 0.15) is 58.3 Å². The summed E-state index contributed by atoms with van der Waals surface area (Å²) in [6.45, 7) is 7.34. The Balaban J connectivity index is 1.56. The summed E-state index contributed by atoms with van der Waals surface area (Å²) < 4.78 is 11.6. The molecule has 0 radical (unpaired) electrons. The number of nitrogens with zero attached hydrogens (tertiary/aromatic N) is 1. The Morgan fingerprint density at radius 2 is 1.39 bits per heavy atom. The average molecular weight is 319 g/mol. The molecule has 1 aromatic carbocycles. The number of unbranched alkanes of at least 4 members (excludes halogenated alkanes) is 4. The van der Waals surface area contributed by atoms with Gasteiger partial charge in [-0.1, -0.05) is 39.0 Å². The molecule has 0 aromatic heterocycles. The lowest BCUT2D eigenvalue weighted by atomic mass is 10.1.